The molecule has 0 bridgehead atoms. The molecule has 1 N–H and O–H groups in total. The molecule has 2 aromatic heterocycles. The van der Waals surface area contributed by atoms with Gasteiger partial charge in [0.05, 0.1) is 16.0 Å². The Bertz CT molecular complexity index is 1100. The van der Waals surface area contributed by atoms with E-state index >= 15 is 0 Å². The second-order valence-corrected chi connectivity index (χ2v) is 8.00. The number of carboxylic acid groups (broad SMARTS) is 1. The van der Waals surface area contributed by atoms with E-state index in [1.807, 2.05) is 60.7 Å². The van der Waals surface area contributed by atoms with Crippen LogP contribution in [0, 0.1) is 0 Å². The van der Waals surface area contributed by atoms with Crippen LogP contribution in [0.3, 0.4) is 0 Å². The SMILES string of the molecule is O=C(O)CSc1ncnc2cc(-c3ccc(OCc4ccccc4)cc3)sc12. The lowest BCUT2D eigenvalue weighted by atomic mass is 10.2. The lowest BCUT2D eigenvalue weighted by Crippen LogP contribution is -1.98. The number of fused-ring (bicyclic) bond motifs is 1. The molecule has 0 fully saturated rings. The molecule has 28 heavy (non-hydrogen) atoms. The monoisotopic (exact) mass is 408 g/mol. The molecule has 7 heteroatoms. The normalized spacial score (nSPS) is 10.9. The number of benzene rings is 2. The molecule has 0 aliphatic rings. The highest BCUT2D eigenvalue weighted by molar-refractivity contribution is 8.00. The Labute approximate surface area is 170 Å². The number of hydrogen-bond acceptors (Lipinski definition) is 6. The van der Waals surface area contributed by atoms with Gasteiger partial charge in [0.1, 0.15) is 23.7 Å². The fourth-order valence-corrected chi connectivity index (χ4v) is 4.58. The fraction of sp³-hybridized carbons (Fsp3) is 0.0952. The van der Waals surface area contributed by atoms with Crippen molar-refractivity contribution in [1.29, 1.82) is 0 Å². The quantitative estimate of drug-likeness (QED) is 0.338. The molecule has 140 valence electrons. The molecule has 5 nitrogen and oxygen atoms in total. The number of rotatable bonds is 7. The fourth-order valence-electron chi connectivity index (χ4n) is 2.66. The Morgan fingerprint density at radius 2 is 1.86 bits per heavy atom. The van der Waals surface area contributed by atoms with Gasteiger partial charge in [0, 0.05) is 4.88 Å². The van der Waals surface area contributed by atoms with Crippen LogP contribution in [0.4, 0.5) is 0 Å². The second-order valence-electron chi connectivity index (χ2n) is 5.98. The molecular formula is C21H16N2O3S2. The van der Waals surface area contributed by atoms with E-state index in [9.17, 15) is 4.79 Å². The molecule has 0 saturated heterocycles. The van der Waals surface area contributed by atoms with Crippen molar-refractivity contribution in [3.05, 3.63) is 72.6 Å². The minimum absolute atomic E-state index is 0.0210. The van der Waals surface area contributed by atoms with E-state index in [4.69, 9.17) is 9.84 Å². The Hall–Kier alpha value is -2.90. The van der Waals surface area contributed by atoms with Crippen molar-refractivity contribution in [1.82, 2.24) is 9.97 Å². The molecule has 0 radical (unpaired) electrons. The minimum Gasteiger partial charge on any atom is -0.489 e. The van der Waals surface area contributed by atoms with Gasteiger partial charge < -0.3 is 9.84 Å². The number of aromatic nitrogens is 2. The highest BCUT2D eigenvalue weighted by Crippen LogP contribution is 2.37. The summed E-state index contributed by atoms with van der Waals surface area (Å²) in [6, 6.07) is 20.0. The van der Waals surface area contributed by atoms with Crippen molar-refractivity contribution < 1.29 is 14.6 Å². The van der Waals surface area contributed by atoms with Crippen LogP contribution in [0.15, 0.2) is 72.0 Å². The molecule has 4 rings (SSSR count). The standard InChI is InChI=1S/C21H16N2O3S2/c24-19(25)12-27-21-20-17(22-13-23-21)10-18(28-20)15-6-8-16(9-7-15)26-11-14-4-2-1-3-5-14/h1-10,13H,11-12H2,(H,24,25). The van der Waals surface area contributed by atoms with Gasteiger partial charge in [-0.25, -0.2) is 9.97 Å². The third-order valence-corrected chi connectivity index (χ3v) is 6.28. The van der Waals surface area contributed by atoms with Crippen LogP contribution in [-0.2, 0) is 11.4 Å². The zero-order valence-corrected chi connectivity index (χ0v) is 16.4. The van der Waals surface area contributed by atoms with Gasteiger partial charge in [0.15, 0.2) is 0 Å². The number of thiophene rings is 1. The van der Waals surface area contributed by atoms with Crippen molar-refractivity contribution >= 4 is 39.3 Å². The Kier molecular flexibility index (Phi) is 5.55. The van der Waals surface area contributed by atoms with Crippen molar-refractivity contribution in [3.8, 4) is 16.2 Å². The van der Waals surface area contributed by atoms with Gasteiger partial charge in [-0.05, 0) is 41.5 Å². The smallest absolute Gasteiger partial charge is 0.313 e. The number of carbonyl (C=O) groups is 1. The van der Waals surface area contributed by atoms with Crippen molar-refractivity contribution in [3.63, 3.8) is 0 Å². The second kappa shape index (κ2) is 8.41. The minimum atomic E-state index is -0.861. The summed E-state index contributed by atoms with van der Waals surface area (Å²) < 4.78 is 6.75. The molecule has 0 atom stereocenters. The van der Waals surface area contributed by atoms with Gasteiger partial charge in [-0.1, -0.05) is 42.1 Å². The van der Waals surface area contributed by atoms with E-state index < -0.39 is 5.97 Å². The average Bonchev–Trinajstić information content (AvgIpc) is 3.17. The summed E-state index contributed by atoms with van der Waals surface area (Å²) in [4.78, 5) is 20.4. The van der Waals surface area contributed by atoms with Crippen LogP contribution >= 0.6 is 23.1 Å². The molecule has 0 amide bonds. The van der Waals surface area contributed by atoms with Crippen molar-refractivity contribution in [2.75, 3.05) is 5.75 Å². The van der Waals surface area contributed by atoms with E-state index in [2.05, 4.69) is 9.97 Å². The summed E-state index contributed by atoms with van der Waals surface area (Å²) in [6.07, 6.45) is 1.48. The number of hydrogen-bond donors (Lipinski definition) is 1. The first kappa shape index (κ1) is 18.5. The maximum absolute atomic E-state index is 10.8. The van der Waals surface area contributed by atoms with Gasteiger partial charge in [-0.2, -0.15) is 0 Å². The zero-order valence-electron chi connectivity index (χ0n) is 14.7. The molecule has 0 aliphatic heterocycles. The molecule has 0 spiro atoms. The van der Waals surface area contributed by atoms with Crippen LogP contribution in [0.25, 0.3) is 20.7 Å². The molecule has 0 unspecified atom stereocenters. The molecule has 0 saturated carbocycles. The third-order valence-electron chi connectivity index (χ3n) is 4.00. The van der Waals surface area contributed by atoms with Gasteiger partial charge in [0.2, 0.25) is 0 Å². The van der Waals surface area contributed by atoms with Crippen LogP contribution in [0.5, 0.6) is 5.75 Å². The van der Waals surface area contributed by atoms with E-state index in [0.29, 0.717) is 11.6 Å². The summed E-state index contributed by atoms with van der Waals surface area (Å²) >= 11 is 2.78. The van der Waals surface area contributed by atoms with E-state index in [1.165, 1.54) is 18.1 Å². The summed E-state index contributed by atoms with van der Waals surface area (Å²) in [7, 11) is 0. The molecular weight excluding hydrogens is 392 g/mol. The number of aliphatic carboxylic acids is 1. The Morgan fingerprint density at radius 1 is 1.07 bits per heavy atom. The summed E-state index contributed by atoms with van der Waals surface area (Å²) in [5.74, 6) is -0.0712. The van der Waals surface area contributed by atoms with Crippen LogP contribution in [-0.4, -0.2) is 26.8 Å². The van der Waals surface area contributed by atoms with E-state index in [1.54, 1.807) is 11.3 Å². The largest absolute Gasteiger partial charge is 0.489 e. The van der Waals surface area contributed by atoms with Crippen LogP contribution < -0.4 is 4.74 Å². The third kappa shape index (κ3) is 4.32. The Balaban J connectivity index is 1.51. The lowest BCUT2D eigenvalue weighted by molar-refractivity contribution is -0.133. The first-order valence-corrected chi connectivity index (χ1v) is 10.4. The zero-order chi connectivity index (χ0) is 19.3. The lowest BCUT2D eigenvalue weighted by Gasteiger charge is -2.06. The van der Waals surface area contributed by atoms with E-state index in [0.717, 1.165) is 32.0 Å². The van der Waals surface area contributed by atoms with Crippen LogP contribution in [0.1, 0.15) is 5.56 Å². The summed E-state index contributed by atoms with van der Waals surface area (Å²) in [6.45, 7) is 0.531. The molecule has 2 heterocycles. The number of nitrogens with zero attached hydrogens (tertiary/aromatic N) is 2. The van der Waals surface area contributed by atoms with Crippen molar-refractivity contribution in [2.45, 2.75) is 11.6 Å². The number of ether oxygens (including phenoxy) is 1. The number of thioether (sulfide) groups is 1. The summed E-state index contributed by atoms with van der Waals surface area (Å²) in [5, 5.41) is 9.60. The number of carboxylic acids is 1. The van der Waals surface area contributed by atoms with Crippen molar-refractivity contribution in [2.24, 2.45) is 0 Å². The van der Waals surface area contributed by atoms with Crippen LogP contribution in [0.2, 0.25) is 0 Å². The maximum Gasteiger partial charge on any atom is 0.313 e. The van der Waals surface area contributed by atoms with Gasteiger partial charge in [0.25, 0.3) is 0 Å². The van der Waals surface area contributed by atoms with Gasteiger partial charge in [-0.15, -0.1) is 11.3 Å². The first-order chi connectivity index (χ1) is 13.7. The first-order valence-electron chi connectivity index (χ1n) is 8.55. The predicted molar refractivity (Wildman–Crippen MR) is 112 cm³/mol. The maximum atomic E-state index is 10.8. The summed E-state index contributed by atoms with van der Waals surface area (Å²) in [5.41, 5.74) is 3.01. The van der Waals surface area contributed by atoms with Gasteiger partial charge in [-0.3, -0.25) is 4.79 Å². The Morgan fingerprint density at radius 3 is 2.61 bits per heavy atom. The van der Waals surface area contributed by atoms with E-state index in [-0.39, 0.29) is 5.75 Å². The predicted octanol–water partition coefficient (Wildman–Crippen LogP) is 5.11. The molecule has 2 aromatic carbocycles. The molecule has 4 aromatic rings. The topological polar surface area (TPSA) is 72.3 Å². The van der Waals surface area contributed by atoms with Gasteiger partial charge >= 0.3 is 5.97 Å². The molecule has 0 aliphatic carbocycles. The average molecular weight is 409 g/mol. The highest BCUT2D eigenvalue weighted by atomic mass is 32.2. The highest BCUT2D eigenvalue weighted by Gasteiger charge is 2.12.